The summed E-state index contributed by atoms with van der Waals surface area (Å²) in [7, 11) is 0. The minimum atomic E-state index is -2.70. The van der Waals surface area contributed by atoms with E-state index >= 15 is 0 Å². The topological polar surface area (TPSA) is 169 Å². The van der Waals surface area contributed by atoms with Gasteiger partial charge < -0.3 is 15.9 Å². The van der Waals surface area contributed by atoms with Gasteiger partial charge in [-0.3, -0.25) is 28.8 Å². The molecule has 3 aliphatic carbocycles. The fourth-order valence-corrected chi connectivity index (χ4v) is 6.02. The number of hydrogen-bond donors (Lipinski definition) is 3. The van der Waals surface area contributed by atoms with E-state index in [1.165, 1.54) is 30.3 Å². The third kappa shape index (κ3) is 3.17. The Morgan fingerprint density at radius 3 is 2.25 bits per heavy atom. The molecule has 4 N–H and O–H groups in total. The number of carbonyl (C=O) groups is 6. The molecule has 0 radical (unpaired) electrons. The van der Waals surface area contributed by atoms with E-state index < -0.39 is 76.5 Å². The predicted molar refractivity (Wildman–Crippen MR) is 119 cm³/mol. The number of benzene rings is 2. The predicted octanol–water partition coefficient (Wildman–Crippen LogP) is 1.10. The van der Waals surface area contributed by atoms with Crippen LogP contribution >= 0.6 is 0 Å². The first kappa shape index (κ1) is 23.7. The van der Waals surface area contributed by atoms with Gasteiger partial charge in [0.1, 0.15) is 5.75 Å². The molecule has 5 atom stereocenters. The molecule has 2 aromatic carbocycles. The monoisotopic (exact) mass is 493 g/mol. The maximum Gasteiger partial charge on any atom is 0.332 e. The number of nitrogens with two attached hydrogens (primary N) is 1. The molecule has 9 nitrogen and oxygen atoms in total. The van der Waals surface area contributed by atoms with Gasteiger partial charge in [0.25, 0.3) is 0 Å². The summed E-state index contributed by atoms with van der Waals surface area (Å²) in [5.74, 6) is -10.9. The zero-order valence-corrected chi connectivity index (χ0v) is 18.7. The highest BCUT2D eigenvalue weighted by atomic mass is 19.1. The molecule has 0 aromatic heterocycles. The van der Waals surface area contributed by atoms with E-state index in [2.05, 4.69) is 0 Å². The number of carbonyl (C=O) groups excluding carboxylic acids is 6. The van der Waals surface area contributed by atoms with Crippen LogP contribution in [-0.2, 0) is 25.6 Å². The summed E-state index contributed by atoms with van der Waals surface area (Å²) in [6.07, 6.45) is -0.331. The first-order valence-corrected chi connectivity index (χ1v) is 11.3. The number of fused-ring (bicyclic) bond motifs is 3. The summed E-state index contributed by atoms with van der Waals surface area (Å²) in [5, 5.41) is 21.7. The van der Waals surface area contributed by atoms with Crippen molar-refractivity contribution in [1.29, 1.82) is 0 Å². The van der Waals surface area contributed by atoms with E-state index in [4.69, 9.17) is 5.73 Å². The smallest absolute Gasteiger partial charge is 0.332 e. The zero-order chi connectivity index (χ0) is 26.1. The maximum absolute atomic E-state index is 13.6. The lowest BCUT2D eigenvalue weighted by Crippen LogP contribution is -2.68. The molecule has 184 valence electrons. The SMILES string of the molecule is NC(=O)C1C(=O)C[C@@H]2C[C@@H]3Cc4c(-c5ccc(C(=O)F)cc5)ccc(O)c4C(=O)C3C(=O)[C@]2(O)C1=O. The largest absolute Gasteiger partial charge is 0.507 e. The Labute approximate surface area is 203 Å². The van der Waals surface area contributed by atoms with Crippen molar-refractivity contribution in [2.45, 2.75) is 24.9 Å². The number of aromatic hydroxyl groups is 1. The fraction of sp³-hybridized carbons (Fsp3) is 0.308. The molecule has 36 heavy (non-hydrogen) atoms. The van der Waals surface area contributed by atoms with Crippen molar-refractivity contribution in [2.75, 3.05) is 0 Å². The van der Waals surface area contributed by atoms with Crippen LogP contribution in [0.15, 0.2) is 36.4 Å². The third-order valence-electron chi connectivity index (χ3n) is 7.71. The molecule has 10 heteroatoms. The van der Waals surface area contributed by atoms with Gasteiger partial charge in [-0.2, -0.15) is 4.39 Å². The Morgan fingerprint density at radius 1 is 0.972 bits per heavy atom. The van der Waals surface area contributed by atoms with Crippen molar-refractivity contribution >= 4 is 35.1 Å². The standard InChI is InChI=1S/C26H20FNO8/c27-24(34)11-3-1-10(2-4-11)14-5-6-16(29)19-15(14)8-12-7-13-9-17(30)20(25(28)35)23(33)26(13,36)22(32)18(12)21(19)31/h1-6,12-13,18,20,29,36H,7-9H2,(H2,28,35)/t12-,13+,18?,20?,26+/m1/s1. The van der Waals surface area contributed by atoms with Gasteiger partial charge in [-0.15, -0.1) is 0 Å². The summed E-state index contributed by atoms with van der Waals surface area (Å²) in [6, 6.07) is 6.76. The molecule has 2 saturated carbocycles. The van der Waals surface area contributed by atoms with Gasteiger partial charge in [0.15, 0.2) is 34.7 Å². The highest BCUT2D eigenvalue weighted by molar-refractivity contribution is 6.31. The Bertz CT molecular complexity index is 1400. The molecule has 3 aliphatic rings. The fourth-order valence-electron chi connectivity index (χ4n) is 6.02. The first-order chi connectivity index (χ1) is 17.0. The molecule has 0 heterocycles. The highest BCUT2D eigenvalue weighted by Crippen LogP contribution is 2.51. The number of primary amides is 1. The summed E-state index contributed by atoms with van der Waals surface area (Å²) < 4.78 is 13.0. The Morgan fingerprint density at radius 2 is 1.64 bits per heavy atom. The van der Waals surface area contributed by atoms with E-state index in [-0.39, 0.29) is 24.0 Å². The minimum Gasteiger partial charge on any atom is -0.507 e. The van der Waals surface area contributed by atoms with Gasteiger partial charge >= 0.3 is 6.04 Å². The van der Waals surface area contributed by atoms with Gasteiger partial charge in [-0.05, 0) is 53.6 Å². The molecule has 0 bridgehead atoms. The lowest BCUT2D eigenvalue weighted by Gasteiger charge is -2.48. The number of amides is 1. The van der Waals surface area contributed by atoms with Crippen LogP contribution < -0.4 is 5.73 Å². The average molecular weight is 493 g/mol. The molecule has 2 unspecified atom stereocenters. The zero-order valence-electron chi connectivity index (χ0n) is 18.7. The normalized spacial score (nSPS) is 29.3. The number of aliphatic hydroxyl groups is 1. The van der Waals surface area contributed by atoms with Gasteiger partial charge in [0, 0.05) is 12.3 Å². The molecule has 5 rings (SSSR count). The number of phenols is 1. The van der Waals surface area contributed by atoms with Crippen LogP contribution in [0.25, 0.3) is 11.1 Å². The minimum absolute atomic E-state index is 0.0224. The number of ketones is 4. The average Bonchev–Trinajstić information content (AvgIpc) is 2.81. The van der Waals surface area contributed by atoms with Crippen LogP contribution in [0.1, 0.15) is 39.1 Å². The molecule has 0 saturated heterocycles. The van der Waals surface area contributed by atoms with Crippen LogP contribution in [0.3, 0.4) is 0 Å². The summed E-state index contributed by atoms with van der Waals surface area (Å²) in [4.78, 5) is 75.1. The van der Waals surface area contributed by atoms with E-state index in [0.717, 1.165) is 0 Å². The molecule has 0 aliphatic heterocycles. The van der Waals surface area contributed by atoms with Crippen molar-refractivity contribution < 1.29 is 43.4 Å². The number of rotatable bonds is 3. The molecule has 2 fully saturated rings. The van der Waals surface area contributed by atoms with E-state index in [9.17, 15) is 43.4 Å². The molecule has 0 spiro atoms. The number of phenolic OH excluding ortho intramolecular Hbond substituents is 1. The molecule has 1 amide bonds. The lowest BCUT2D eigenvalue weighted by atomic mass is 9.53. The summed E-state index contributed by atoms with van der Waals surface area (Å²) in [5.41, 5.74) is 3.65. The van der Waals surface area contributed by atoms with Crippen LogP contribution in [0.5, 0.6) is 5.75 Å². The maximum atomic E-state index is 13.6. The number of halogens is 1. The summed E-state index contributed by atoms with van der Waals surface area (Å²) >= 11 is 0. The second-order valence-corrected chi connectivity index (χ2v) is 9.58. The van der Waals surface area contributed by atoms with E-state index in [0.29, 0.717) is 16.7 Å². The van der Waals surface area contributed by atoms with E-state index in [1.54, 1.807) is 6.07 Å². The van der Waals surface area contributed by atoms with Crippen molar-refractivity contribution in [3.8, 4) is 16.9 Å². The molecule has 2 aromatic rings. The Hall–Kier alpha value is -4.05. The first-order valence-electron chi connectivity index (χ1n) is 11.3. The lowest BCUT2D eigenvalue weighted by molar-refractivity contribution is -0.175. The van der Waals surface area contributed by atoms with Crippen molar-refractivity contribution in [1.82, 2.24) is 0 Å². The van der Waals surface area contributed by atoms with Crippen LogP contribution in [0.4, 0.5) is 4.39 Å². The van der Waals surface area contributed by atoms with Crippen molar-refractivity contribution in [3.05, 3.63) is 53.1 Å². The van der Waals surface area contributed by atoms with Crippen LogP contribution in [0, 0.1) is 23.7 Å². The van der Waals surface area contributed by atoms with Crippen LogP contribution in [0.2, 0.25) is 0 Å². The Kier molecular flexibility index (Phi) is 5.26. The molecular weight excluding hydrogens is 473 g/mol. The second kappa shape index (κ2) is 7.99. The van der Waals surface area contributed by atoms with E-state index in [1.807, 2.05) is 0 Å². The van der Waals surface area contributed by atoms with Crippen LogP contribution in [-0.4, -0.2) is 50.9 Å². The summed E-state index contributed by atoms with van der Waals surface area (Å²) in [6.45, 7) is 0. The number of Topliss-reactive ketones (excluding diaryl/α,β-unsaturated/α-hetero) is 4. The van der Waals surface area contributed by atoms with Gasteiger partial charge in [-0.1, -0.05) is 18.2 Å². The highest BCUT2D eigenvalue weighted by Gasteiger charge is 2.66. The number of hydrogen-bond acceptors (Lipinski definition) is 8. The van der Waals surface area contributed by atoms with Gasteiger partial charge in [-0.25, -0.2) is 0 Å². The second-order valence-electron chi connectivity index (χ2n) is 9.58. The van der Waals surface area contributed by atoms with Gasteiger partial charge in [0.05, 0.1) is 17.0 Å². The van der Waals surface area contributed by atoms with Crippen molar-refractivity contribution in [3.63, 3.8) is 0 Å². The quantitative estimate of drug-likeness (QED) is 0.422. The molecular formula is C26H20FNO8. The van der Waals surface area contributed by atoms with Gasteiger partial charge in [0.2, 0.25) is 5.91 Å². The third-order valence-corrected chi connectivity index (χ3v) is 7.71. The Balaban J connectivity index is 1.59. The van der Waals surface area contributed by atoms with Crippen molar-refractivity contribution in [2.24, 2.45) is 29.4 Å².